The van der Waals surface area contributed by atoms with Crippen LogP contribution in [0.1, 0.15) is 0 Å². The van der Waals surface area contributed by atoms with Crippen molar-refractivity contribution >= 4 is 16.7 Å². The van der Waals surface area contributed by atoms with E-state index in [9.17, 15) is 0 Å². The van der Waals surface area contributed by atoms with Gasteiger partial charge in [0.25, 0.3) is 5.89 Å². The molecule has 0 aliphatic rings. The summed E-state index contributed by atoms with van der Waals surface area (Å²) in [6.45, 7) is 0. The number of nitrogens with zero attached hydrogens (tertiary/aromatic N) is 2. The number of aromatic nitrogens is 2. The maximum atomic E-state index is 5.77. The summed E-state index contributed by atoms with van der Waals surface area (Å²) >= 11 is 0. The van der Waals surface area contributed by atoms with Gasteiger partial charge >= 0.3 is 0 Å². The molecule has 0 atom stereocenters. The molecule has 0 fully saturated rings. The molecule has 5 nitrogen and oxygen atoms in total. The lowest BCUT2D eigenvalue weighted by Gasteiger charge is -1.95. The third-order valence-electron chi connectivity index (χ3n) is 3.28. The second-order valence-electron chi connectivity index (χ2n) is 4.69. The van der Waals surface area contributed by atoms with Crippen molar-refractivity contribution in [3.05, 3.63) is 54.8 Å². The van der Waals surface area contributed by atoms with Gasteiger partial charge in [-0.15, -0.1) is 0 Å². The van der Waals surface area contributed by atoms with E-state index in [-0.39, 0.29) is 0 Å². The lowest BCUT2D eigenvalue weighted by Crippen LogP contribution is -1.86. The molecule has 0 aliphatic carbocycles. The number of hydrogen-bond donors (Lipinski definition) is 1. The van der Waals surface area contributed by atoms with Gasteiger partial charge in [-0.1, -0.05) is 35.5 Å². The molecule has 0 saturated carbocycles. The fraction of sp³-hybridized carbons (Fsp3) is 0. The Hall–Kier alpha value is -3.08. The monoisotopic (exact) mass is 277 g/mol. The summed E-state index contributed by atoms with van der Waals surface area (Å²) in [6, 6.07) is 15.1. The maximum absolute atomic E-state index is 5.77. The van der Waals surface area contributed by atoms with Crippen molar-refractivity contribution in [3.63, 3.8) is 0 Å². The van der Waals surface area contributed by atoms with Crippen molar-refractivity contribution in [2.75, 3.05) is 5.73 Å². The summed E-state index contributed by atoms with van der Waals surface area (Å²) in [7, 11) is 0. The first-order valence-electron chi connectivity index (χ1n) is 6.47. The highest BCUT2D eigenvalue weighted by atomic mass is 16.5. The molecule has 2 aromatic carbocycles. The predicted octanol–water partition coefficient (Wildman–Crippen LogP) is 3.73. The SMILES string of the molecule is Nc1cccc(-c2noc(-c3coc4ccccc34)n2)c1. The van der Waals surface area contributed by atoms with Gasteiger partial charge in [-0.25, -0.2) is 0 Å². The summed E-state index contributed by atoms with van der Waals surface area (Å²) in [5.74, 6) is 0.931. The number of furan rings is 1. The summed E-state index contributed by atoms with van der Waals surface area (Å²) in [5, 5.41) is 4.95. The molecule has 0 bridgehead atoms. The Kier molecular flexibility index (Phi) is 2.50. The van der Waals surface area contributed by atoms with E-state index in [1.807, 2.05) is 48.5 Å². The van der Waals surface area contributed by atoms with Gasteiger partial charge in [-0.05, 0) is 18.2 Å². The molecule has 5 heteroatoms. The van der Waals surface area contributed by atoms with Crippen molar-refractivity contribution in [3.8, 4) is 22.8 Å². The third kappa shape index (κ3) is 1.95. The lowest BCUT2D eigenvalue weighted by molar-refractivity contribution is 0.432. The van der Waals surface area contributed by atoms with Crippen LogP contribution in [0, 0.1) is 0 Å². The van der Waals surface area contributed by atoms with Crippen molar-refractivity contribution in [1.82, 2.24) is 10.1 Å². The lowest BCUT2D eigenvalue weighted by atomic mass is 10.1. The van der Waals surface area contributed by atoms with Gasteiger partial charge in [0.2, 0.25) is 5.82 Å². The van der Waals surface area contributed by atoms with Crippen LogP contribution in [0.2, 0.25) is 0 Å². The van der Waals surface area contributed by atoms with Crippen molar-refractivity contribution in [2.24, 2.45) is 0 Å². The Bertz CT molecular complexity index is 924. The molecule has 102 valence electrons. The zero-order valence-corrected chi connectivity index (χ0v) is 11.0. The average molecular weight is 277 g/mol. The van der Waals surface area contributed by atoms with E-state index < -0.39 is 0 Å². The number of nitrogen functional groups attached to an aromatic ring is 1. The van der Waals surface area contributed by atoms with Crippen LogP contribution in [0.15, 0.2) is 63.7 Å². The third-order valence-corrected chi connectivity index (χ3v) is 3.28. The van der Waals surface area contributed by atoms with E-state index in [1.54, 1.807) is 6.26 Å². The molecule has 0 unspecified atom stereocenters. The number of benzene rings is 2. The summed E-state index contributed by atoms with van der Waals surface area (Å²) < 4.78 is 10.8. The van der Waals surface area contributed by atoms with Crippen LogP contribution < -0.4 is 5.73 Å². The summed E-state index contributed by atoms with van der Waals surface area (Å²) in [5.41, 5.74) is 8.82. The molecule has 2 heterocycles. The Morgan fingerprint density at radius 3 is 2.81 bits per heavy atom. The fourth-order valence-corrected chi connectivity index (χ4v) is 2.27. The van der Waals surface area contributed by atoms with Crippen LogP contribution in [0.3, 0.4) is 0 Å². The van der Waals surface area contributed by atoms with Gasteiger partial charge in [0.1, 0.15) is 11.8 Å². The second kappa shape index (κ2) is 4.49. The van der Waals surface area contributed by atoms with E-state index in [2.05, 4.69) is 10.1 Å². The molecule has 2 N–H and O–H groups in total. The quantitative estimate of drug-likeness (QED) is 0.565. The molecular weight excluding hydrogens is 266 g/mol. The molecule has 0 radical (unpaired) electrons. The number of hydrogen-bond acceptors (Lipinski definition) is 5. The molecular formula is C16H11N3O2. The largest absolute Gasteiger partial charge is 0.463 e. The topological polar surface area (TPSA) is 78.1 Å². The predicted molar refractivity (Wildman–Crippen MR) is 79.4 cm³/mol. The van der Waals surface area contributed by atoms with E-state index in [4.69, 9.17) is 14.7 Å². The van der Waals surface area contributed by atoms with Crippen molar-refractivity contribution in [2.45, 2.75) is 0 Å². The second-order valence-corrected chi connectivity index (χ2v) is 4.69. The zero-order valence-electron chi connectivity index (χ0n) is 11.0. The minimum absolute atomic E-state index is 0.428. The van der Waals surface area contributed by atoms with Crippen molar-refractivity contribution in [1.29, 1.82) is 0 Å². The van der Waals surface area contributed by atoms with Crippen LogP contribution in [0.5, 0.6) is 0 Å². The van der Waals surface area contributed by atoms with Crippen LogP contribution in [-0.4, -0.2) is 10.1 Å². The summed E-state index contributed by atoms with van der Waals surface area (Å²) in [6.07, 6.45) is 1.63. The Morgan fingerprint density at radius 1 is 1.00 bits per heavy atom. The van der Waals surface area contributed by atoms with Crippen LogP contribution in [0.4, 0.5) is 5.69 Å². The maximum Gasteiger partial charge on any atom is 0.262 e. The summed E-state index contributed by atoms with van der Waals surface area (Å²) in [4.78, 5) is 4.42. The standard InChI is InChI=1S/C16H11N3O2/c17-11-5-3-4-10(8-11)15-18-16(21-19-15)13-9-20-14-7-2-1-6-12(13)14/h1-9H,17H2. The van der Waals surface area contributed by atoms with E-state index in [0.29, 0.717) is 17.4 Å². The molecule has 0 saturated heterocycles. The Labute approximate surface area is 120 Å². The first-order valence-corrected chi connectivity index (χ1v) is 6.47. The molecule has 0 amide bonds. The zero-order chi connectivity index (χ0) is 14.2. The molecule has 0 spiro atoms. The first-order chi connectivity index (χ1) is 10.3. The van der Waals surface area contributed by atoms with Crippen LogP contribution in [0.25, 0.3) is 33.8 Å². The molecule has 0 aliphatic heterocycles. The minimum atomic E-state index is 0.428. The number of fused-ring (bicyclic) bond motifs is 1. The van der Waals surface area contributed by atoms with Gasteiger partial charge in [-0.3, -0.25) is 0 Å². The highest BCUT2D eigenvalue weighted by Crippen LogP contribution is 2.30. The Morgan fingerprint density at radius 2 is 1.90 bits per heavy atom. The number of anilines is 1. The van der Waals surface area contributed by atoms with E-state index >= 15 is 0 Å². The van der Waals surface area contributed by atoms with Gasteiger partial charge in [0, 0.05) is 16.6 Å². The van der Waals surface area contributed by atoms with Crippen LogP contribution in [-0.2, 0) is 0 Å². The van der Waals surface area contributed by atoms with Crippen molar-refractivity contribution < 1.29 is 8.94 Å². The number of rotatable bonds is 2. The number of para-hydroxylation sites is 1. The molecule has 2 aromatic heterocycles. The van der Waals surface area contributed by atoms with E-state index in [0.717, 1.165) is 22.1 Å². The molecule has 21 heavy (non-hydrogen) atoms. The minimum Gasteiger partial charge on any atom is -0.463 e. The number of nitrogens with two attached hydrogens (primary N) is 1. The van der Waals surface area contributed by atoms with Gasteiger partial charge < -0.3 is 14.7 Å². The normalized spacial score (nSPS) is 11.0. The Balaban J connectivity index is 1.81. The smallest absolute Gasteiger partial charge is 0.262 e. The highest BCUT2D eigenvalue weighted by molar-refractivity contribution is 5.91. The van der Waals surface area contributed by atoms with Gasteiger partial charge in [0.05, 0.1) is 5.56 Å². The highest BCUT2D eigenvalue weighted by Gasteiger charge is 2.15. The average Bonchev–Trinajstić information content (AvgIpc) is 3.14. The van der Waals surface area contributed by atoms with E-state index in [1.165, 1.54) is 0 Å². The molecule has 4 aromatic rings. The first kappa shape index (κ1) is 11.7. The fourth-order valence-electron chi connectivity index (χ4n) is 2.27. The molecule has 4 rings (SSSR count). The van der Waals surface area contributed by atoms with Gasteiger partial charge in [-0.2, -0.15) is 4.98 Å². The van der Waals surface area contributed by atoms with Crippen LogP contribution >= 0.6 is 0 Å². The van der Waals surface area contributed by atoms with Gasteiger partial charge in [0.15, 0.2) is 0 Å².